The van der Waals surface area contributed by atoms with Crippen molar-refractivity contribution in [1.82, 2.24) is 0 Å². The Morgan fingerprint density at radius 1 is 1.27 bits per heavy atom. The van der Waals surface area contributed by atoms with E-state index < -0.39 is 0 Å². The molecule has 0 bridgehead atoms. The summed E-state index contributed by atoms with van der Waals surface area (Å²) in [6, 6.07) is 10.3. The molecule has 0 heterocycles. The van der Waals surface area contributed by atoms with Gasteiger partial charge in [-0.3, -0.25) is 4.79 Å². The van der Waals surface area contributed by atoms with Gasteiger partial charge < -0.3 is 0 Å². The van der Waals surface area contributed by atoms with Gasteiger partial charge in [0.2, 0.25) is 0 Å². The standard InChI is InChI=1S/C13H18OS/c1-11(2)13(14)9-6-10-15-12-7-4-3-5-8-12/h3-5,7-8,11H,6,9-10H2,1-2H3. The molecule has 82 valence electrons. The molecular formula is C13H18OS. The van der Waals surface area contributed by atoms with Crippen molar-refractivity contribution in [3.63, 3.8) is 0 Å². The molecule has 0 spiro atoms. The second-order valence-corrected chi connectivity index (χ2v) is 5.05. The van der Waals surface area contributed by atoms with Crippen molar-refractivity contribution in [2.24, 2.45) is 5.92 Å². The molecule has 0 aromatic heterocycles. The Labute approximate surface area is 96.3 Å². The van der Waals surface area contributed by atoms with Gasteiger partial charge in [0, 0.05) is 17.2 Å². The van der Waals surface area contributed by atoms with E-state index >= 15 is 0 Å². The van der Waals surface area contributed by atoms with Crippen LogP contribution in [0.5, 0.6) is 0 Å². The molecule has 0 fully saturated rings. The molecule has 1 aromatic rings. The van der Waals surface area contributed by atoms with Crippen LogP contribution in [0.4, 0.5) is 0 Å². The van der Waals surface area contributed by atoms with Gasteiger partial charge in [-0.05, 0) is 24.3 Å². The summed E-state index contributed by atoms with van der Waals surface area (Å²) < 4.78 is 0. The van der Waals surface area contributed by atoms with Gasteiger partial charge in [0.15, 0.2) is 0 Å². The van der Waals surface area contributed by atoms with Gasteiger partial charge >= 0.3 is 0 Å². The number of hydrogen-bond acceptors (Lipinski definition) is 2. The molecule has 1 aromatic carbocycles. The summed E-state index contributed by atoms with van der Waals surface area (Å²) in [5.41, 5.74) is 0. The number of thioether (sulfide) groups is 1. The van der Waals surface area contributed by atoms with E-state index in [0.717, 1.165) is 18.6 Å². The van der Waals surface area contributed by atoms with Crippen LogP contribution >= 0.6 is 11.8 Å². The molecule has 1 nitrogen and oxygen atoms in total. The minimum Gasteiger partial charge on any atom is -0.299 e. The molecule has 1 rings (SSSR count). The summed E-state index contributed by atoms with van der Waals surface area (Å²) in [5, 5.41) is 0. The molecular weight excluding hydrogens is 204 g/mol. The van der Waals surface area contributed by atoms with Crippen LogP contribution < -0.4 is 0 Å². The predicted molar refractivity (Wildman–Crippen MR) is 66.2 cm³/mol. The van der Waals surface area contributed by atoms with Gasteiger partial charge in [0.1, 0.15) is 5.78 Å². The molecule has 0 N–H and O–H groups in total. The maximum atomic E-state index is 11.3. The van der Waals surface area contributed by atoms with Crippen LogP contribution in [0.25, 0.3) is 0 Å². The highest BCUT2D eigenvalue weighted by molar-refractivity contribution is 7.99. The lowest BCUT2D eigenvalue weighted by Gasteiger charge is -2.03. The number of benzene rings is 1. The number of carbonyl (C=O) groups excluding carboxylic acids is 1. The third-order valence-corrected chi connectivity index (χ3v) is 3.32. The quantitative estimate of drug-likeness (QED) is 0.538. The van der Waals surface area contributed by atoms with Crippen molar-refractivity contribution >= 4 is 17.5 Å². The lowest BCUT2D eigenvalue weighted by atomic mass is 10.1. The first-order valence-electron chi connectivity index (χ1n) is 5.40. The minimum absolute atomic E-state index is 0.187. The Hall–Kier alpha value is -0.760. The highest BCUT2D eigenvalue weighted by Crippen LogP contribution is 2.18. The summed E-state index contributed by atoms with van der Waals surface area (Å²) in [4.78, 5) is 12.6. The normalized spacial score (nSPS) is 10.6. The smallest absolute Gasteiger partial charge is 0.135 e. The predicted octanol–water partition coefficient (Wildman–Crippen LogP) is 3.78. The zero-order valence-corrected chi connectivity index (χ0v) is 10.2. The molecule has 0 unspecified atom stereocenters. The largest absolute Gasteiger partial charge is 0.299 e. The highest BCUT2D eigenvalue weighted by Gasteiger charge is 2.05. The molecule has 15 heavy (non-hydrogen) atoms. The first kappa shape index (κ1) is 12.3. The average Bonchev–Trinajstić information content (AvgIpc) is 2.25. The van der Waals surface area contributed by atoms with Crippen LogP contribution in [-0.2, 0) is 4.79 Å². The molecule has 0 amide bonds. The first-order chi connectivity index (χ1) is 7.20. The van der Waals surface area contributed by atoms with Crippen molar-refractivity contribution in [2.45, 2.75) is 31.6 Å². The molecule has 0 radical (unpaired) electrons. The van der Waals surface area contributed by atoms with E-state index in [1.54, 1.807) is 0 Å². The molecule has 0 aliphatic carbocycles. The lowest BCUT2D eigenvalue weighted by Crippen LogP contribution is -2.06. The van der Waals surface area contributed by atoms with Gasteiger partial charge in [0.05, 0.1) is 0 Å². The zero-order chi connectivity index (χ0) is 11.1. The van der Waals surface area contributed by atoms with E-state index in [1.165, 1.54) is 4.90 Å². The molecule has 2 heteroatoms. The Balaban J connectivity index is 2.15. The Morgan fingerprint density at radius 2 is 1.93 bits per heavy atom. The monoisotopic (exact) mass is 222 g/mol. The van der Waals surface area contributed by atoms with E-state index in [1.807, 2.05) is 43.8 Å². The molecule has 0 saturated carbocycles. The molecule has 0 aliphatic rings. The topological polar surface area (TPSA) is 17.1 Å². The summed E-state index contributed by atoms with van der Waals surface area (Å²) in [6.07, 6.45) is 1.70. The van der Waals surface area contributed by atoms with Crippen LogP contribution in [0.2, 0.25) is 0 Å². The number of ketones is 1. The fourth-order valence-electron chi connectivity index (χ4n) is 1.24. The van der Waals surface area contributed by atoms with Crippen LogP contribution in [0.1, 0.15) is 26.7 Å². The summed E-state index contributed by atoms with van der Waals surface area (Å²) in [5.74, 6) is 1.60. The molecule has 0 aliphatic heterocycles. The van der Waals surface area contributed by atoms with Crippen LogP contribution in [-0.4, -0.2) is 11.5 Å². The third kappa shape index (κ3) is 5.03. The summed E-state index contributed by atoms with van der Waals surface area (Å²) in [6.45, 7) is 3.93. The third-order valence-electron chi connectivity index (χ3n) is 2.22. The fourth-order valence-corrected chi connectivity index (χ4v) is 2.12. The number of carbonyl (C=O) groups is 1. The summed E-state index contributed by atoms with van der Waals surface area (Å²) in [7, 11) is 0. The average molecular weight is 222 g/mol. The van der Waals surface area contributed by atoms with E-state index in [2.05, 4.69) is 12.1 Å². The van der Waals surface area contributed by atoms with E-state index in [4.69, 9.17) is 0 Å². The highest BCUT2D eigenvalue weighted by atomic mass is 32.2. The van der Waals surface area contributed by atoms with Crippen LogP contribution in [0, 0.1) is 5.92 Å². The van der Waals surface area contributed by atoms with E-state index in [0.29, 0.717) is 5.78 Å². The fraction of sp³-hybridized carbons (Fsp3) is 0.462. The Kier molecular flexibility index (Phi) is 5.48. The number of hydrogen-bond donors (Lipinski definition) is 0. The van der Waals surface area contributed by atoms with Crippen LogP contribution in [0.3, 0.4) is 0 Å². The lowest BCUT2D eigenvalue weighted by molar-refractivity contribution is -0.121. The van der Waals surface area contributed by atoms with E-state index in [9.17, 15) is 4.79 Å². The van der Waals surface area contributed by atoms with Crippen molar-refractivity contribution in [2.75, 3.05) is 5.75 Å². The Bertz CT molecular complexity index is 293. The van der Waals surface area contributed by atoms with Gasteiger partial charge in [-0.1, -0.05) is 32.0 Å². The number of Topliss-reactive ketones (excluding diaryl/α,β-unsaturated/α-hetero) is 1. The maximum absolute atomic E-state index is 11.3. The SMILES string of the molecule is CC(C)C(=O)CCCSc1ccccc1. The molecule has 0 atom stereocenters. The minimum atomic E-state index is 0.187. The van der Waals surface area contributed by atoms with Crippen molar-refractivity contribution < 1.29 is 4.79 Å². The molecule has 0 saturated heterocycles. The van der Waals surface area contributed by atoms with Gasteiger partial charge in [0.25, 0.3) is 0 Å². The Morgan fingerprint density at radius 3 is 2.53 bits per heavy atom. The van der Waals surface area contributed by atoms with E-state index in [-0.39, 0.29) is 5.92 Å². The van der Waals surface area contributed by atoms with Crippen molar-refractivity contribution in [1.29, 1.82) is 0 Å². The van der Waals surface area contributed by atoms with Gasteiger partial charge in [-0.15, -0.1) is 11.8 Å². The zero-order valence-electron chi connectivity index (χ0n) is 9.40. The first-order valence-corrected chi connectivity index (χ1v) is 6.39. The van der Waals surface area contributed by atoms with Crippen molar-refractivity contribution in [3.8, 4) is 0 Å². The maximum Gasteiger partial charge on any atom is 0.135 e. The van der Waals surface area contributed by atoms with Gasteiger partial charge in [-0.2, -0.15) is 0 Å². The number of rotatable bonds is 6. The van der Waals surface area contributed by atoms with Gasteiger partial charge in [-0.25, -0.2) is 0 Å². The summed E-state index contributed by atoms with van der Waals surface area (Å²) >= 11 is 1.82. The second-order valence-electron chi connectivity index (χ2n) is 3.89. The second kappa shape index (κ2) is 6.67. The van der Waals surface area contributed by atoms with Crippen LogP contribution in [0.15, 0.2) is 35.2 Å². The van der Waals surface area contributed by atoms with Crippen molar-refractivity contribution in [3.05, 3.63) is 30.3 Å².